The predicted molar refractivity (Wildman–Crippen MR) is 113 cm³/mol. The summed E-state index contributed by atoms with van der Waals surface area (Å²) in [6.07, 6.45) is 1.97. The number of nitrogens with one attached hydrogen (secondary N) is 1. The second kappa shape index (κ2) is 8.41. The Balaban J connectivity index is 1.69. The molecule has 3 aromatic carbocycles. The first-order valence-electron chi connectivity index (χ1n) is 9.32. The molecule has 0 atom stereocenters. The van der Waals surface area contributed by atoms with E-state index in [1.165, 1.54) is 12.1 Å². The zero-order chi connectivity index (χ0) is 20.9. The molecule has 1 amide bonds. The fourth-order valence-electron chi connectivity index (χ4n) is 3.07. The molecular formula is C24H17FN4O. The lowest BCUT2D eigenvalue weighted by atomic mass is 10.1. The number of nitriles is 1. The van der Waals surface area contributed by atoms with E-state index >= 15 is 0 Å². The van der Waals surface area contributed by atoms with Gasteiger partial charge in [0.05, 0.1) is 23.7 Å². The van der Waals surface area contributed by atoms with Crippen molar-refractivity contribution in [3.05, 3.63) is 102 Å². The number of nitrogens with zero attached hydrogens (tertiary/aromatic N) is 3. The quantitative estimate of drug-likeness (QED) is 0.516. The lowest BCUT2D eigenvalue weighted by Crippen LogP contribution is -2.12. The van der Waals surface area contributed by atoms with Gasteiger partial charge in [-0.1, -0.05) is 30.3 Å². The molecule has 0 fully saturated rings. The molecule has 0 aliphatic rings. The number of carbonyl (C=O) groups is 1. The minimum absolute atomic E-state index is 0.312. The van der Waals surface area contributed by atoms with Crippen LogP contribution in [0.1, 0.15) is 15.9 Å². The Hall–Kier alpha value is -4.24. The Labute approximate surface area is 173 Å². The summed E-state index contributed by atoms with van der Waals surface area (Å²) in [4.78, 5) is 13.0. The maximum atomic E-state index is 13.4. The number of hydrogen-bond acceptors (Lipinski definition) is 3. The molecule has 4 aromatic rings. The fraction of sp³-hybridized carbons (Fsp3) is 0.0417. The Morgan fingerprint density at radius 3 is 2.37 bits per heavy atom. The van der Waals surface area contributed by atoms with Crippen LogP contribution in [-0.4, -0.2) is 15.7 Å². The van der Waals surface area contributed by atoms with Crippen LogP contribution in [0.4, 0.5) is 10.1 Å². The summed E-state index contributed by atoms with van der Waals surface area (Å²) in [7, 11) is 0. The third-order valence-corrected chi connectivity index (χ3v) is 4.59. The molecule has 0 spiro atoms. The van der Waals surface area contributed by atoms with Crippen molar-refractivity contribution in [2.75, 3.05) is 5.32 Å². The maximum absolute atomic E-state index is 13.4. The molecule has 30 heavy (non-hydrogen) atoms. The zero-order valence-electron chi connectivity index (χ0n) is 15.9. The summed E-state index contributed by atoms with van der Waals surface area (Å²) in [5.41, 5.74) is 3.75. The van der Waals surface area contributed by atoms with Gasteiger partial charge in [-0.2, -0.15) is 10.4 Å². The second-order valence-electron chi connectivity index (χ2n) is 6.66. The van der Waals surface area contributed by atoms with E-state index in [9.17, 15) is 9.18 Å². The summed E-state index contributed by atoms with van der Waals surface area (Å²) in [6, 6.07) is 24.5. The van der Waals surface area contributed by atoms with Gasteiger partial charge >= 0.3 is 0 Å². The van der Waals surface area contributed by atoms with Crippen molar-refractivity contribution < 1.29 is 9.18 Å². The third-order valence-electron chi connectivity index (χ3n) is 4.59. The van der Waals surface area contributed by atoms with Gasteiger partial charge in [0.15, 0.2) is 0 Å². The summed E-state index contributed by atoms with van der Waals surface area (Å²) in [6.45, 7) is 0. The van der Waals surface area contributed by atoms with Crippen LogP contribution in [0.15, 0.2) is 85.1 Å². The van der Waals surface area contributed by atoms with Gasteiger partial charge in [0.2, 0.25) is 0 Å². The van der Waals surface area contributed by atoms with Gasteiger partial charge in [-0.05, 0) is 54.1 Å². The van der Waals surface area contributed by atoms with Gasteiger partial charge in [-0.25, -0.2) is 9.07 Å². The van der Waals surface area contributed by atoms with Crippen molar-refractivity contribution in [1.29, 1.82) is 5.26 Å². The molecule has 0 unspecified atom stereocenters. The Bertz CT molecular complexity index is 1210. The van der Waals surface area contributed by atoms with E-state index in [4.69, 9.17) is 5.26 Å². The van der Waals surface area contributed by atoms with Crippen molar-refractivity contribution in [3.63, 3.8) is 0 Å². The predicted octanol–water partition coefficient (Wildman–Crippen LogP) is 5.00. The van der Waals surface area contributed by atoms with Gasteiger partial charge in [0.25, 0.3) is 5.91 Å². The SMILES string of the molecule is N#CCc1ccc(NC(=O)c2cn(-c3ccccc3)nc2-c2ccc(F)cc2)cc1. The maximum Gasteiger partial charge on any atom is 0.259 e. The molecule has 4 rings (SSSR count). The van der Waals surface area contributed by atoms with E-state index in [0.29, 0.717) is 28.9 Å². The molecule has 0 saturated carbocycles. The van der Waals surface area contributed by atoms with Crippen molar-refractivity contribution in [2.45, 2.75) is 6.42 Å². The van der Waals surface area contributed by atoms with Crippen molar-refractivity contribution in [3.8, 4) is 23.0 Å². The molecule has 0 aliphatic heterocycles. The number of amides is 1. The van der Waals surface area contributed by atoms with Crippen LogP contribution in [-0.2, 0) is 6.42 Å². The molecule has 0 bridgehead atoms. The van der Waals surface area contributed by atoms with Crippen molar-refractivity contribution in [1.82, 2.24) is 9.78 Å². The zero-order valence-corrected chi connectivity index (χ0v) is 15.9. The Morgan fingerprint density at radius 1 is 1.00 bits per heavy atom. The highest BCUT2D eigenvalue weighted by atomic mass is 19.1. The molecule has 146 valence electrons. The summed E-state index contributed by atoms with van der Waals surface area (Å²) < 4.78 is 15.0. The largest absolute Gasteiger partial charge is 0.322 e. The van der Waals surface area contributed by atoms with Crippen LogP contribution in [0.25, 0.3) is 16.9 Å². The monoisotopic (exact) mass is 396 g/mol. The lowest BCUT2D eigenvalue weighted by Gasteiger charge is -2.06. The van der Waals surface area contributed by atoms with E-state index in [1.807, 2.05) is 30.3 Å². The van der Waals surface area contributed by atoms with Crippen LogP contribution in [0.5, 0.6) is 0 Å². The highest BCUT2D eigenvalue weighted by Crippen LogP contribution is 2.25. The smallest absolute Gasteiger partial charge is 0.259 e. The number of anilines is 1. The van der Waals surface area contributed by atoms with Crippen LogP contribution in [0.2, 0.25) is 0 Å². The highest BCUT2D eigenvalue weighted by Gasteiger charge is 2.19. The Morgan fingerprint density at radius 2 is 1.70 bits per heavy atom. The molecule has 1 heterocycles. The molecule has 0 saturated heterocycles. The number of para-hydroxylation sites is 1. The molecule has 5 nitrogen and oxygen atoms in total. The minimum Gasteiger partial charge on any atom is -0.322 e. The third kappa shape index (κ3) is 4.10. The van der Waals surface area contributed by atoms with Gasteiger partial charge in [0, 0.05) is 17.4 Å². The average molecular weight is 396 g/mol. The van der Waals surface area contributed by atoms with Crippen LogP contribution >= 0.6 is 0 Å². The first-order chi connectivity index (χ1) is 14.6. The van der Waals surface area contributed by atoms with Crippen LogP contribution < -0.4 is 5.32 Å². The number of rotatable bonds is 5. The van der Waals surface area contributed by atoms with E-state index in [1.54, 1.807) is 47.3 Å². The van der Waals surface area contributed by atoms with E-state index in [2.05, 4.69) is 16.5 Å². The van der Waals surface area contributed by atoms with Gasteiger partial charge in [0.1, 0.15) is 11.5 Å². The van der Waals surface area contributed by atoms with E-state index in [-0.39, 0.29) is 11.7 Å². The highest BCUT2D eigenvalue weighted by molar-refractivity contribution is 6.08. The fourth-order valence-corrected chi connectivity index (χ4v) is 3.07. The molecule has 0 aliphatic carbocycles. The van der Waals surface area contributed by atoms with Crippen LogP contribution in [0.3, 0.4) is 0 Å². The first kappa shape index (κ1) is 19.1. The van der Waals surface area contributed by atoms with Crippen molar-refractivity contribution in [2.24, 2.45) is 0 Å². The standard InChI is InChI=1S/C24H17FN4O/c25-19-10-8-18(9-11-19)23-22(16-29(28-23)21-4-2-1-3-5-21)24(30)27-20-12-6-17(7-13-20)14-15-26/h1-13,16H,14H2,(H,27,30). The van der Waals surface area contributed by atoms with Gasteiger partial charge < -0.3 is 5.32 Å². The molecule has 0 radical (unpaired) electrons. The minimum atomic E-state index is -0.357. The van der Waals surface area contributed by atoms with E-state index in [0.717, 1.165) is 11.3 Å². The molecular weight excluding hydrogens is 379 g/mol. The van der Waals surface area contributed by atoms with Crippen LogP contribution in [0, 0.1) is 17.1 Å². The van der Waals surface area contributed by atoms with Gasteiger partial charge in [-0.15, -0.1) is 0 Å². The Kier molecular flexibility index (Phi) is 5.35. The summed E-state index contributed by atoms with van der Waals surface area (Å²) in [5, 5.41) is 16.2. The number of halogens is 1. The van der Waals surface area contributed by atoms with E-state index < -0.39 is 0 Å². The number of aromatic nitrogens is 2. The normalized spacial score (nSPS) is 10.4. The molecule has 1 N–H and O–H groups in total. The lowest BCUT2D eigenvalue weighted by molar-refractivity contribution is 0.102. The molecule has 6 heteroatoms. The summed E-state index contributed by atoms with van der Waals surface area (Å²) >= 11 is 0. The number of hydrogen-bond donors (Lipinski definition) is 1. The topological polar surface area (TPSA) is 70.7 Å². The van der Waals surface area contributed by atoms with Gasteiger partial charge in [-0.3, -0.25) is 4.79 Å². The first-order valence-corrected chi connectivity index (χ1v) is 9.32. The number of benzene rings is 3. The van der Waals surface area contributed by atoms with Crippen molar-refractivity contribution >= 4 is 11.6 Å². The summed E-state index contributed by atoms with van der Waals surface area (Å²) in [5.74, 6) is -0.686. The second-order valence-corrected chi connectivity index (χ2v) is 6.66. The average Bonchev–Trinajstić information content (AvgIpc) is 3.22. The number of carbonyl (C=O) groups excluding carboxylic acids is 1. The molecule has 1 aromatic heterocycles.